The van der Waals surface area contributed by atoms with E-state index >= 15 is 0 Å². The second-order valence-electron chi connectivity index (χ2n) is 5.89. The van der Waals surface area contributed by atoms with E-state index in [-0.39, 0.29) is 4.90 Å². The summed E-state index contributed by atoms with van der Waals surface area (Å²) in [6.45, 7) is 0. The smallest absolute Gasteiger partial charge is 0.234 e. The fraction of sp³-hybridized carbons (Fsp3) is 0.167. The van der Waals surface area contributed by atoms with Crippen molar-refractivity contribution in [3.8, 4) is 0 Å². The average Bonchev–Trinajstić information content (AvgIpc) is 2.67. The minimum atomic E-state index is -3.22. The fourth-order valence-corrected chi connectivity index (χ4v) is 3.49. The van der Waals surface area contributed by atoms with Gasteiger partial charge in [0.2, 0.25) is 11.9 Å². The van der Waals surface area contributed by atoms with Crippen molar-refractivity contribution < 1.29 is 8.42 Å². The van der Waals surface area contributed by atoms with Crippen LogP contribution in [0.5, 0.6) is 0 Å². The minimum absolute atomic E-state index is 0.263. The quantitative estimate of drug-likeness (QED) is 0.412. The maximum Gasteiger partial charge on any atom is 0.234 e. The van der Waals surface area contributed by atoms with Crippen LogP contribution in [0.2, 0.25) is 0 Å². The molecule has 0 fully saturated rings. The van der Waals surface area contributed by atoms with E-state index in [0.29, 0.717) is 17.6 Å². The highest BCUT2D eigenvalue weighted by molar-refractivity contribution is 14.1. The van der Waals surface area contributed by atoms with Crippen LogP contribution in [-0.4, -0.2) is 36.7 Å². The Hall–Kier alpha value is -2.27. The van der Waals surface area contributed by atoms with Gasteiger partial charge in [-0.1, -0.05) is 34.7 Å². The molecule has 9 heteroatoms. The Morgan fingerprint density at radius 3 is 2.52 bits per heavy atom. The lowest BCUT2D eigenvalue weighted by Crippen LogP contribution is -2.14. The lowest BCUT2D eigenvalue weighted by molar-refractivity contribution is 0.602. The third-order valence-corrected chi connectivity index (χ3v) is 5.86. The van der Waals surface area contributed by atoms with Gasteiger partial charge >= 0.3 is 0 Å². The molecule has 0 amide bonds. The van der Waals surface area contributed by atoms with Gasteiger partial charge in [-0.15, -0.1) is 0 Å². The summed E-state index contributed by atoms with van der Waals surface area (Å²) in [5.74, 6) is 0.884. The number of nitrogens with one attached hydrogen (secondary N) is 1. The molecule has 1 aromatic heterocycles. The highest BCUT2D eigenvalue weighted by atomic mass is 127. The summed E-state index contributed by atoms with van der Waals surface area (Å²) >= 11 is 2.33. The predicted octanol–water partition coefficient (Wildman–Crippen LogP) is 3.72. The van der Waals surface area contributed by atoms with Crippen molar-refractivity contribution in [1.29, 1.82) is 0 Å². The number of hydrogen-bond donors (Lipinski definition) is 1. The number of anilines is 4. The first-order valence-electron chi connectivity index (χ1n) is 8.01. The number of nitrogens with zero attached hydrogens (tertiary/aromatic N) is 4. The lowest BCUT2D eigenvalue weighted by atomic mass is 10.2. The van der Waals surface area contributed by atoms with Gasteiger partial charge in [0.25, 0.3) is 0 Å². The summed E-state index contributed by atoms with van der Waals surface area (Å²) in [6, 6.07) is 14.6. The zero-order chi connectivity index (χ0) is 19.4. The number of hydrogen-bond acceptors (Lipinski definition) is 7. The molecule has 1 N–H and O–H groups in total. The molecular weight excluding hydrogens is 477 g/mol. The topological polar surface area (TPSA) is 88.1 Å². The van der Waals surface area contributed by atoms with Gasteiger partial charge in [-0.05, 0) is 42.0 Å². The van der Waals surface area contributed by atoms with Crippen LogP contribution in [-0.2, 0) is 14.3 Å². The van der Waals surface area contributed by atoms with Crippen LogP contribution in [0.3, 0.4) is 0 Å². The molecule has 27 heavy (non-hydrogen) atoms. The molecule has 0 saturated heterocycles. The molecule has 0 bridgehead atoms. The van der Waals surface area contributed by atoms with Crippen LogP contribution in [0.15, 0.2) is 59.8 Å². The van der Waals surface area contributed by atoms with Crippen LogP contribution in [0.25, 0.3) is 0 Å². The van der Waals surface area contributed by atoms with E-state index in [9.17, 15) is 8.42 Å². The summed E-state index contributed by atoms with van der Waals surface area (Å²) in [5.41, 5.74) is 2.89. The van der Waals surface area contributed by atoms with Crippen molar-refractivity contribution in [2.45, 2.75) is 9.32 Å². The number of halogens is 1. The molecule has 0 aliphatic carbocycles. The van der Waals surface area contributed by atoms with Gasteiger partial charge in [0.05, 0.1) is 4.90 Å². The summed E-state index contributed by atoms with van der Waals surface area (Å²) in [6.07, 6.45) is 2.62. The van der Waals surface area contributed by atoms with E-state index in [4.69, 9.17) is 0 Å². The van der Waals surface area contributed by atoms with Gasteiger partial charge in [0.1, 0.15) is 6.33 Å². The SMILES string of the molecule is CN(c1cccc(CI)c1)c1ncnc(Nc2ccc(S(C)(=O)=O)cc2)n1. The molecule has 0 aliphatic rings. The molecule has 1 heterocycles. The van der Waals surface area contributed by atoms with Crippen molar-refractivity contribution >= 4 is 55.7 Å². The van der Waals surface area contributed by atoms with Gasteiger partial charge < -0.3 is 10.2 Å². The molecule has 0 radical (unpaired) electrons. The highest BCUT2D eigenvalue weighted by Crippen LogP contribution is 2.23. The van der Waals surface area contributed by atoms with Crippen LogP contribution in [0.1, 0.15) is 5.56 Å². The summed E-state index contributed by atoms with van der Waals surface area (Å²) in [5, 5.41) is 3.07. The van der Waals surface area contributed by atoms with Crippen molar-refractivity contribution in [2.24, 2.45) is 0 Å². The van der Waals surface area contributed by atoms with Crippen LogP contribution in [0.4, 0.5) is 23.3 Å². The third kappa shape index (κ3) is 4.92. The van der Waals surface area contributed by atoms with Gasteiger partial charge in [-0.25, -0.2) is 18.4 Å². The number of sulfone groups is 1. The van der Waals surface area contributed by atoms with E-state index in [2.05, 4.69) is 55.0 Å². The third-order valence-electron chi connectivity index (χ3n) is 3.85. The van der Waals surface area contributed by atoms with Crippen molar-refractivity contribution in [3.05, 3.63) is 60.4 Å². The molecule has 0 atom stereocenters. The first kappa shape index (κ1) is 19.5. The van der Waals surface area contributed by atoms with E-state index in [1.165, 1.54) is 18.1 Å². The second-order valence-corrected chi connectivity index (χ2v) is 8.67. The molecule has 3 aromatic rings. The number of rotatable bonds is 6. The number of benzene rings is 2. The Kier molecular flexibility index (Phi) is 5.90. The van der Waals surface area contributed by atoms with Gasteiger partial charge in [0, 0.05) is 29.1 Å². The largest absolute Gasteiger partial charge is 0.324 e. The highest BCUT2D eigenvalue weighted by Gasteiger charge is 2.10. The van der Waals surface area contributed by atoms with E-state index in [1.807, 2.05) is 24.1 Å². The number of alkyl halides is 1. The Bertz CT molecular complexity index is 1040. The first-order chi connectivity index (χ1) is 12.9. The molecule has 140 valence electrons. The van der Waals surface area contributed by atoms with E-state index < -0.39 is 9.84 Å². The standard InChI is InChI=1S/C18H18IN5O2S/c1-24(15-5-3-4-13(10-15)11-19)18-21-12-20-17(23-18)22-14-6-8-16(9-7-14)27(2,25)26/h3-10,12H,11H2,1-2H3,(H,20,21,22,23). The van der Waals surface area contributed by atoms with Crippen molar-refractivity contribution in [1.82, 2.24) is 15.0 Å². The van der Waals surface area contributed by atoms with E-state index in [1.54, 1.807) is 24.3 Å². The summed E-state index contributed by atoms with van der Waals surface area (Å²) in [4.78, 5) is 15.0. The van der Waals surface area contributed by atoms with Crippen LogP contribution in [0, 0.1) is 0 Å². The molecular formula is C18H18IN5O2S. The van der Waals surface area contributed by atoms with Crippen molar-refractivity contribution in [3.63, 3.8) is 0 Å². The van der Waals surface area contributed by atoms with Gasteiger partial charge in [-0.3, -0.25) is 0 Å². The van der Waals surface area contributed by atoms with E-state index in [0.717, 1.165) is 10.1 Å². The lowest BCUT2D eigenvalue weighted by Gasteiger charge is -2.18. The molecule has 3 rings (SSSR count). The molecule has 0 aliphatic heterocycles. The maximum atomic E-state index is 11.5. The minimum Gasteiger partial charge on any atom is -0.324 e. The molecule has 0 spiro atoms. The van der Waals surface area contributed by atoms with Crippen LogP contribution >= 0.6 is 22.6 Å². The zero-order valence-electron chi connectivity index (χ0n) is 14.8. The molecule has 0 unspecified atom stereocenters. The Morgan fingerprint density at radius 1 is 1.11 bits per heavy atom. The van der Waals surface area contributed by atoms with Crippen LogP contribution < -0.4 is 10.2 Å². The first-order valence-corrected chi connectivity index (χ1v) is 11.4. The zero-order valence-corrected chi connectivity index (χ0v) is 17.8. The summed E-state index contributed by atoms with van der Waals surface area (Å²) in [7, 11) is -1.33. The predicted molar refractivity (Wildman–Crippen MR) is 115 cm³/mol. The molecule has 0 saturated carbocycles. The maximum absolute atomic E-state index is 11.5. The Labute approximate surface area is 171 Å². The number of aromatic nitrogens is 3. The fourth-order valence-electron chi connectivity index (χ4n) is 2.39. The summed E-state index contributed by atoms with van der Waals surface area (Å²) < 4.78 is 24.0. The Morgan fingerprint density at radius 2 is 1.85 bits per heavy atom. The average molecular weight is 495 g/mol. The molecule has 7 nitrogen and oxygen atoms in total. The van der Waals surface area contributed by atoms with Gasteiger partial charge in [-0.2, -0.15) is 4.98 Å². The normalized spacial score (nSPS) is 11.2. The molecule has 2 aromatic carbocycles. The monoisotopic (exact) mass is 495 g/mol. The Balaban J connectivity index is 1.81. The van der Waals surface area contributed by atoms with Gasteiger partial charge in [0.15, 0.2) is 9.84 Å². The van der Waals surface area contributed by atoms with Crippen molar-refractivity contribution in [2.75, 3.05) is 23.5 Å². The second kappa shape index (κ2) is 8.17.